The molecule has 0 radical (unpaired) electrons. The van der Waals surface area contributed by atoms with Gasteiger partial charge in [0.25, 0.3) is 0 Å². The van der Waals surface area contributed by atoms with Crippen LogP contribution in [-0.2, 0) is 17.8 Å². The first-order valence-corrected chi connectivity index (χ1v) is 9.80. The van der Waals surface area contributed by atoms with Crippen LogP contribution in [0.5, 0.6) is 0 Å². The molecule has 5 heteroatoms. The zero-order valence-electron chi connectivity index (χ0n) is 16.5. The van der Waals surface area contributed by atoms with E-state index in [1.165, 1.54) is 0 Å². The van der Waals surface area contributed by atoms with E-state index in [4.69, 9.17) is 4.42 Å². The standard InChI is InChI=1S/C23H27N3O2/c1-3-26(4-2)22-14-10-18(16-24-22)17-25-23(27)15-12-20-11-13-21(28-20)19-8-6-5-7-9-19/h5-11,13-14,16H,3-4,12,15,17H2,1-2H3,(H,25,27). The second-order valence-electron chi connectivity index (χ2n) is 6.61. The fraction of sp³-hybridized carbons (Fsp3) is 0.304. The second-order valence-corrected chi connectivity index (χ2v) is 6.61. The number of hydrogen-bond donors (Lipinski definition) is 1. The third-order valence-corrected chi connectivity index (χ3v) is 4.70. The molecular weight excluding hydrogens is 350 g/mol. The lowest BCUT2D eigenvalue weighted by Crippen LogP contribution is -2.24. The maximum Gasteiger partial charge on any atom is 0.220 e. The number of carbonyl (C=O) groups excluding carboxylic acids is 1. The Labute approximate surface area is 166 Å². The molecule has 0 aliphatic heterocycles. The molecule has 2 aromatic heterocycles. The molecule has 3 rings (SSSR count). The van der Waals surface area contributed by atoms with Crippen LogP contribution in [0, 0.1) is 0 Å². The van der Waals surface area contributed by atoms with Crippen LogP contribution in [0.4, 0.5) is 5.82 Å². The van der Waals surface area contributed by atoms with Gasteiger partial charge in [-0.25, -0.2) is 4.98 Å². The van der Waals surface area contributed by atoms with Crippen LogP contribution < -0.4 is 10.2 Å². The lowest BCUT2D eigenvalue weighted by atomic mass is 10.2. The van der Waals surface area contributed by atoms with E-state index >= 15 is 0 Å². The van der Waals surface area contributed by atoms with Crippen molar-refractivity contribution >= 4 is 11.7 Å². The fourth-order valence-electron chi connectivity index (χ4n) is 3.05. The van der Waals surface area contributed by atoms with Gasteiger partial charge >= 0.3 is 0 Å². The molecule has 1 N–H and O–H groups in total. The van der Waals surface area contributed by atoms with E-state index in [1.54, 1.807) is 0 Å². The van der Waals surface area contributed by atoms with Gasteiger partial charge in [-0.15, -0.1) is 0 Å². The SMILES string of the molecule is CCN(CC)c1ccc(CNC(=O)CCc2ccc(-c3ccccc3)o2)cn1. The van der Waals surface area contributed by atoms with Gasteiger partial charge in [0.2, 0.25) is 5.91 Å². The number of furan rings is 1. The van der Waals surface area contributed by atoms with E-state index in [0.717, 1.165) is 41.6 Å². The van der Waals surface area contributed by atoms with Crippen molar-refractivity contribution in [3.63, 3.8) is 0 Å². The number of benzene rings is 1. The minimum absolute atomic E-state index is 0.00507. The minimum Gasteiger partial charge on any atom is -0.461 e. The number of nitrogens with zero attached hydrogens (tertiary/aromatic N) is 2. The molecule has 28 heavy (non-hydrogen) atoms. The summed E-state index contributed by atoms with van der Waals surface area (Å²) < 4.78 is 5.85. The smallest absolute Gasteiger partial charge is 0.220 e. The highest BCUT2D eigenvalue weighted by Crippen LogP contribution is 2.22. The van der Waals surface area contributed by atoms with Gasteiger partial charge < -0.3 is 14.6 Å². The molecule has 5 nitrogen and oxygen atoms in total. The van der Waals surface area contributed by atoms with E-state index < -0.39 is 0 Å². The number of carbonyl (C=O) groups is 1. The Morgan fingerprint density at radius 3 is 2.50 bits per heavy atom. The first-order chi connectivity index (χ1) is 13.7. The average Bonchev–Trinajstić information content (AvgIpc) is 3.22. The molecule has 0 spiro atoms. The summed E-state index contributed by atoms with van der Waals surface area (Å²) in [5, 5.41) is 2.95. The number of aromatic nitrogens is 1. The molecule has 3 aromatic rings. The molecule has 2 heterocycles. The summed E-state index contributed by atoms with van der Waals surface area (Å²) in [5.74, 6) is 2.62. The summed E-state index contributed by atoms with van der Waals surface area (Å²) in [6.45, 7) is 6.57. The van der Waals surface area contributed by atoms with Crippen LogP contribution in [0.2, 0.25) is 0 Å². The number of aryl methyl sites for hydroxylation is 1. The van der Waals surface area contributed by atoms with E-state index in [9.17, 15) is 4.79 Å². The number of rotatable bonds is 9. The molecule has 0 aliphatic rings. The predicted molar refractivity (Wildman–Crippen MR) is 112 cm³/mol. The van der Waals surface area contributed by atoms with Crippen molar-refractivity contribution in [2.45, 2.75) is 33.2 Å². The highest BCUT2D eigenvalue weighted by molar-refractivity contribution is 5.76. The Kier molecular flexibility index (Phi) is 6.84. The Hall–Kier alpha value is -3.08. The van der Waals surface area contributed by atoms with Crippen molar-refractivity contribution in [2.75, 3.05) is 18.0 Å². The summed E-state index contributed by atoms with van der Waals surface area (Å²) in [4.78, 5) is 18.8. The molecule has 1 aromatic carbocycles. The Morgan fingerprint density at radius 1 is 1.04 bits per heavy atom. The Bertz CT molecular complexity index is 868. The molecule has 1 amide bonds. The van der Waals surface area contributed by atoms with E-state index in [-0.39, 0.29) is 5.91 Å². The fourth-order valence-corrected chi connectivity index (χ4v) is 3.05. The van der Waals surface area contributed by atoms with Crippen molar-refractivity contribution in [3.05, 3.63) is 72.1 Å². The quantitative estimate of drug-likeness (QED) is 0.599. The van der Waals surface area contributed by atoms with Crippen molar-refractivity contribution in [1.29, 1.82) is 0 Å². The molecule has 0 saturated carbocycles. The maximum absolute atomic E-state index is 12.2. The lowest BCUT2D eigenvalue weighted by molar-refractivity contribution is -0.121. The van der Waals surface area contributed by atoms with Gasteiger partial charge in [-0.1, -0.05) is 36.4 Å². The molecule has 0 unspecified atom stereocenters. The van der Waals surface area contributed by atoms with Crippen molar-refractivity contribution in [1.82, 2.24) is 10.3 Å². The van der Waals surface area contributed by atoms with Crippen LogP contribution in [0.1, 0.15) is 31.6 Å². The van der Waals surface area contributed by atoms with Gasteiger partial charge in [0, 0.05) is 44.2 Å². The van der Waals surface area contributed by atoms with Crippen molar-refractivity contribution in [3.8, 4) is 11.3 Å². The Balaban J connectivity index is 1.45. The van der Waals surface area contributed by atoms with Gasteiger partial charge in [-0.2, -0.15) is 0 Å². The molecule has 0 atom stereocenters. The predicted octanol–water partition coefficient (Wildman–Crippen LogP) is 4.44. The van der Waals surface area contributed by atoms with Crippen molar-refractivity contribution in [2.24, 2.45) is 0 Å². The van der Waals surface area contributed by atoms with Gasteiger partial charge in [0.05, 0.1) is 0 Å². The monoisotopic (exact) mass is 377 g/mol. The molecule has 0 fully saturated rings. The minimum atomic E-state index is 0.00507. The largest absolute Gasteiger partial charge is 0.461 e. The molecular formula is C23H27N3O2. The average molecular weight is 377 g/mol. The summed E-state index contributed by atoms with van der Waals surface area (Å²) >= 11 is 0. The summed E-state index contributed by atoms with van der Waals surface area (Å²) in [6.07, 6.45) is 2.80. The van der Waals surface area contributed by atoms with E-state index in [2.05, 4.69) is 29.0 Å². The van der Waals surface area contributed by atoms with Gasteiger partial charge in [0.1, 0.15) is 17.3 Å². The van der Waals surface area contributed by atoms with Crippen LogP contribution in [0.25, 0.3) is 11.3 Å². The van der Waals surface area contributed by atoms with E-state index in [1.807, 2.05) is 60.8 Å². The van der Waals surface area contributed by atoms with Crippen LogP contribution >= 0.6 is 0 Å². The number of hydrogen-bond acceptors (Lipinski definition) is 4. The highest BCUT2D eigenvalue weighted by Gasteiger charge is 2.08. The normalized spacial score (nSPS) is 10.6. The maximum atomic E-state index is 12.2. The summed E-state index contributed by atoms with van der Waals surface area (Å²) in [5.41, 5.74) is 2.03. The zero-order chi connectivity index (χ0) is 19.8. The lowest BCUT2D eigenvalue weighted by Gasteiger charge is -2.19. The third kappa shape index (κ3) is 5.22. The summed E-state index contributed by atoms with van der Waals surface area (Å²) in [6, 6.07) is 17.9. The number of nitrogens with one attached hydrogen (secondary N) is 1. The number of pyridine rings is 1. The summed E-state index contributed by atoms with van der Waals surface area (Å²) in [7, 11) is 0. The van der Waals surface area contributed by atoms with Gasteiger partial charge in [-0.3, -0.25) is 4.79 Å². The number of anilines is 1. The first-order valence-electron chi connectivity index (χ1n) is 9.80. The number of amides is 1. The van der Waals surface area contributed by atoms with Crippen LogP contribution in [0.15, 0.2) is 65.2 Å². The van der Waals surface area contributed by atoms with Crippen molar-refractivity contribution < 1.29 is 9.21 Å². The van der Waals surface area contributed by atoms with E-state index in [0.29, 0.717) is 19.4 Å². The third-order valence-electron chi connectivity index (χ3n) is 4.70. The van der Waals surface area contributed by atoms with Crippen LogP contribution in [0.3, 0.4) is 0 Å². The molecule has 0 aliphatic carbocycles. The topological polar surface area (TPSA) is 58.4 Å². The molecule has 146 valence electrons. The van der Waals surface area contributed by atoms with Gasteiger partial charge in [-0.05, 0) is 37.6 Å². The molecule has 0 saturated heterocycles. The highest BCUT2D eigenvalue weighted by atomic mass is 16.3. The van der Waals surface area contributed by atoms with Crippen LogP contribution in [-0.4, -0.2) is 24.0 Å². The first kappa shape index (κ1) is 19.7. The van der Waals surface area contributed by atoms with Gasteiger partial charge in [0.15, 0.2) is 0 Å². The Morgan fingerprint density at radius 2 is 1.82 bits per heavy atom. The second kappa shape index (κ2) is 9.74. The molecule has 0 bridgehead atoms. The zero-order valence-corrected chi connectivity index (χ0v) is 16.5.